The zero-order chi connectivity index (χ0) is 27.2. The highest BCUT2D eigenvalue weighted by Gasteiger charge is 2.33. The second-order valence-electron chi connectivity index (χ2n) is 9.82. The van der Waals surface area contributed by atoms with Crippen LogP contribution in [0.5, 0.6) is 5.75 Å². The molecule has 1 fully saturated rings. The third-order valence-corrected chi connectivity index (χ3v) is 8.20. The molecule has 1 saturated carbocycles. The third-order valence-electron chi connectivity index (χ3n) is 7.06. The number of nitrogens with zero attached hydrogens (tertiary/aromatic N) is 2. The third kappa shape index (κ3) is 7.47. The van der Waals surface area contributed by atoms with Crippen molar-refractivity contribution in [3.63, 3.8) is 0 Å². The molecule has 2 aromatic carbocycles. The summed E-state index contributed by atoms with van der Waals surface area (Å²) in [6.07, 6.45) is 5.52. The van der Waals surface area contributed by atoms with Crippen molar-refractivity contribution < 1.29 is 22.7 Å². The first-order valence-electron chi connectivity index (χ1n) is 12.8. The summed E-state index contributed by atoms with van der Waals surface area (Å²) < 4.78 is 31.9. The number of rotatable bonds is 11. The van der Waals surface area contributed by atoms with E-state index in [2.05, 4.69) is 5.32 Å². The van der Waals surface area contributed by atoms with E-state index in [1.54, 1.807) is 31.4 Å². The molecule has 2 aromatic rings. The number of anilines is 1. The minimum Gasteiger partial charge on any atom is -0.497 e. The molecule has 37 heavy (non-hydrogen) atoms. The number of hydrogen-bond donors (Lipinski definition) is 1. The van der Waals surface area contributed by atoms with Gasteiger partial charge in [-0.3, -0.25) is 13.9 Å². The second kappa shape index (κ2) is 12.4. The Labute approximate surface area is 221 Å². The van der Waals surface area contributed by atoms with E-state index in [-0.39, 0.29) is 18.5 Å². The fourth-order valence-electron chi connectivity index (χ4n) is 4.71. The maximum Gasteiger partial charge on any atom is 0.244 e. The molecule has 0 aromatic heterocycles. The summed E-state index contributed by atoms with van der Waals surface area (Å²) in [4.78, 5) is 28.7. The monoisotopic (exact) mass is 529 g/mol. The Balaban J connectivity index is 1.93. The molecule has 0 bridgehead atoms. The van der Waals surface area contributed by atoms with Gasteiger partial charge in [0.2, 0.25) is 21.8 Å². The van der Waals surface area contributed by atoms with Crippen LogP contribution in [0.4, 0.5) is 5.69 Å². The quantitative estimate of drug-likeness (QED) is 0.476. The first-order chi connectivity index (χ1) is 17.5. The average Bonchev–Trinajstić information content (AvgIpc) is 3.36. The molecule has 2 amide bonds. The smallest absolute Gasteiger partial charge is 0.244 e. The van der Waals surface area contributed by atoms with Crippen LogP contribution in [0.1, 0.15) is 55.7 Å². The van der Waals surface area contributed by atoms with Gasteiger partial charge in [0.05, 0.1) is 19.1 Å². The molecule has 0 spiro atoms. The Morgan fingerprint density at radius 1 is 1.05 bits per heavy atom. The normalized spacial score (nSPS) is 14.7. The summed E-state index contributed by atoms with van der Waals surface area (Å²) in [6, 6.07) is 12.0. The van der Waals surface area contributed by atoms with Crippen LogP contribution in [0, 0.1) is 13.8 Å². The molecular weight excluding hydrogens is 490 g/mol. The summed E-state index contributed by atoms with van der Waals surface area (Å²) in [5.74, 6) is 0.0480. The molecule has 1 aliphatic carbocycles. The molecule has 1 atom stereocenters. The van der Waals surface area contributed by atoms with E-state index in [4.69, 9.17) is 4.74 Å². The van der Waals surface area contributed by atoms with Crippen molar-refractivity contribution in [1.29, 1.82) is 0 Å². The minimum atomic E-state index is -3.76. The van der Waals surface area contributed by atoms with Crippen LogP contribution < -0.4 is 14.4 Å². The summed E-state index contributed by atoms with van der Waals surface area (Å²) in [5, 5.41) is 3.11. The van der Waals surface area contributed by atoms with Crippen LogP contribution in [-0.4, -0.2) is 57.1 Å². The number of aryl methyl sites for hydroxylation is 2. The molecule has 202 valence electrons. The highest BCUT2D eigenvalue weighted by molar-refractivity contribution is 7.92. The number of ether oxygens (including phenoxy) is 1. The predicted octanol–water partition coefficient (Wildman–Crippen LogP) is 3.94. The molecule has 1 aliphatic rings. The van der Waals surface area contributed by atoms with E-state index >= 15 is 0 Å². The SMILES string of the molecule is CC[C@H](C(=O)NC1CCCC1)N(Cc1ccc(OC)cc1)C(=O)CN(c1ccc(C)c(C)c1)S(C)(=O)=O. The number of nitrogens with one attached hydrogen (secondary N) is 1. The van der Waals surface area contributed by atoms with Gasteiger partial charge in [-0.05, 0) is 74.1 Å². The highest BCUT2D eigenvalue weighted by Crippen LogP contribution is 2.24. The Morgan fingerprint density at radius 2 is 1.70 bits per heavy atom. The van der Waals surface area contributed by atoms with Crippen molar-refractivity contribution in [3.8, 4) is 5.75 Å². The topological polar surface area (TPSA) is 96.0 Å². The molecule has 9 heteroatoms. The van der Waals surface area contributed by atoms with Gasteiger partial charge in [-0.2, -0.15) is 0 Å². The minimum absolute atomic E-state index is 0.113. The van der Waals surface area contributed by atoms with Crippen molar-refractivity contribution in [2.24, 2.45) is 0 Å². The van der Waals surface area contributed by atoms with E-state index in [1.165, 1.54) is 4.90 Å². The second-order valence-corrected chi connectivity index (χ2v) is 11.7. The van der Waals surface area contributed by atoms with Crippen LogP contribution in [0.2, 0.25) is 0 Å². The molecule has 0 heterocycles. The van der Waals surface area contributed by atoms with Gasteiger partial charge in [0.1, 0.15) is 18.3 Å². The first-order valence-corrected chi connectivity index (χ1v) is 14.7. The van der Waals surface area contributed by atoms with E-state index in [9.17, 15) is 18.0 Å². The van der Waals surface area contributed by atoms with Crippen LogP contribution >= 0.6 is 0 Å². The number of carbonyl (C=O) groups is 2. The van der Waals surface area contributed by atoms with Crippen LogP contribution in [-0.2, 0) is 26.2 Å². The maximum atomic E-state index is 13.8. The van der Waals surface area contributed by atoms with Crippen LogP contribution in [0.15, 0.2) is 42.5 Å². The molecule has 0 unspecified atom stereocenters. The van der Waals surface area contributed by atoms with Gasteiger partial charge in [-0.25, -0.2) is 8.42 Å². The lowest BCUT2D eigenvalue weighted by Crippen LogP contribution is -2.53. The number of benzene rings is 2. The predicted molar refractivity (Wildman–Crippen MR) is 146 cm³/mol. The Morgan fingerprint density at radius 3 is 2.24 bits per heavy atom. The van der Waals surface area contributed by atoms with Crippen molar-refractivity contribution in [1.82, 2.24) is 10.2 Å². The van der Waals surface area contributed by atoms with Crippen molar-refractivity contribution in [2.45, 2.75) is 71.5 Å². The number of hydrogen-bond acceptors (Lipinski definition) is 5. The Hall–Kier alpha value is -3.07. The largest absolute Gasteiger partial charge is 0.497 e. The maximum absolute atomic E-state index is 13.8. The summed E-state index contributed by atoms with van der Waals surface area (Å²) in [5.41, 5.74) is 3.19. The van der Waals surface area contributed by atoms with Gasteiger partial charge >= 0.3 is 0 Å². The summed E-state index contributed by atoms with van der Waals surface area (Å²) in [7, 11) is -2.18. The van der Waals surface area contributed by atoms with E-state index in [0.29, 0.717) is 17.9 Å². The Bertz CT molecular complexity index is 1190. The number of carbonyl (C=O) groups excluding carboxylic acids is 2. The first kappa shape index (κ1) is 28.5. The van der Waals surface area contributed by atoms with Gasteiger partial charge in [0, 0.05) is 12.6 Å². The molecule has 0 saturated heterocycles. The van der Waals surface area contributed by atoms with Gasteiger partial charge in [0.25, 0.3) is 0 Å². The van der Waals surface area contributed by atoms with Gasteiger partial charge in [-0.15, -0.1) is 0 Å². The molecule has 0 radical (unpaired) electrons. The van der Waals surface area contributed by atoms with E-state index in [1.807, 2.05) is 39.0 Å². The number of amides is 2. The lowest BCUT2D eigenvalue weighted by molar-refractivity contribution is -0.140. The fourth-order valence-corrected chi connectivity index (χ4v) is 5.55. The lowest BCUT2D eigenvalue weighted by Gasteiger charge is -2.33. The fraction of sp³-hybridized carbons (Fsp3) is 0.500. The molecule has 1 N–H and O–H groups in total. The average molecular weight is 530 g/mol. The Kier molecular flexibility index (Phi) is 9.59. The van der Waals surface area contributed by atoms with Gasteiger partial charge < -0.3 is 15.0 Å². The van der Waals surface area contributed by atoms with Crippen LogP contribution in [0.25, 0.3) is 0 Å². The van der Waals surface area contributed by atoms with Crippen molar-refractivity contribution in [2.75, 3.05) is 24.2 Å². The molecule has 3 rings (SSSR count). The molecular formula is C28H39N3O5S. The van der Waals surface area contributed by atoms with Crippen LogP contribution in [0.3, 0.4) is 0 Å². The zero-order valence-corrected chi connectivity index (χ0v) is 23.3. The van der Waals surface area contributed by atoms with Gasteiger partial charge in [-0.1, -0.05) is 38.0 Å². The molecule has 8 nitrogen and oxygen atoms in total. The van der Waals surface area contributed by atoms with Crippen molar-refractivity contribution in [3.05, 3.63) is 59.2 Å². The van der Waals surface area contributed by atoms with Crippen molar-refractivity contribution >= 4 is 27.5 Å². The zero-order valence-electron chi connectivity index (χ0n) is 22.5. The van der Waals surface area contributed by atoms with E-state index in [0.717, 1.165) is 52.9 Å². The van der Waals surface area contributed by atoms with Gasteiger partial charge in [0.15, 0.2) is 0 Å². The van der Waals surface area contributed by atoms with E-state index < -0.39 is 28.5 Å². The summed E-state index contributed by atoms with van der Waals surface area (Å²) >= 11 is 0. The molecule has 0 aliphatic heterocycles. The lowest BCUT2D eigenvalue weighted by atomic mass is 10.1. The summed E-state index contributed by atoms with van der Waals surface area (Å²) in [6.45, 7) is 5.48. The standard InChI is InChI=1S/C28H39N3O5S/c1-6-26(28(33)29-23-9-7-8-10-23)30(18-22-12-15-25(36-4)16-13-22)27(32)19-31(37(5,34)35)24-14-11-20(2)21(3)17-24/h11-17,23,26H,6-10,18-19H2,1-5H3,(H,29,33)/t26-/m1/s1. The highest BCUT2D eigenvalue weighted by atomic mass is 32.2. The number of methoxy groups -OCH3 is 1. The number of sulfonamides is 1.